The van der Waals surface area contributed by atoms with Crippen LogP contribution in [0, 0.1) is 0 Å². The second-order valence-electron chi connectivity index (χ2n) is 8.77. The Hall–Kier alpha value is -3.96. The lowest BCUT2D eigenvalue weighted by Gasteiger charge is -2.19. The number of fused-ring (bicyclic) bond motifs is 1. The van der Waals surface area contributed by atoms with Crippen molar-refractivity contribution in [2.24, 2.45) is 10.2 Å². The van der Waals surface area contributed by atoms with Crippen LogP contribution in [0.5, 0.6) is 5.75 Å². The molecule has 34 heavy (non-hydrogen) atoms. The van der Waals surface area contributed by atoms with Crippen LogP contribution in [-0.2, 0) is 15.5 Å². The highest BCUT2D eigenvalue weighted by molar-refractivity contribution is 7.86. The number of phenolic OH excluding ortho intramolecular Hbond substituents is 1. The number of aromatic nitrogens is 2. The first-order chi connectivity index (χ1) is 15.9. The Kier molecular flexibility index (Phi) is 5.54. The highest BCUT2D eigenvalue weighted by atomic mass is 32.2. The molecule has 4 rings (SSSR count). The fraction of sp³-hybridized carbons (Fsp3) is 0.174. The van der Waals surface area contributed by atoms with Crippen molar-refractivity contribution in [2.75, 3.05) is 5.73 Å². The minimum Gasteiger partial charge on any atom is -0.506 e. The van der Waals surface area contributed by atoms with Crippen molar-refractivity contribution in [3.8, 4) is 11.4 Å². The van der Waals surface area contributed by atoms with Gasteiger partial charge in [-0.3, -0.25) is 14.4 Å². The summed E-state index contributed by atoms with van der Waals surface area (Å²) in [6.45, 7) is 6.25. The average molecular weight is 482 g/mol. The number of H-pyrrole nitrogens is 1. The van der Waals surface area contributed by atoms with Gasteiger partial charge in [0.05, 0.1) is 5.69 Å². The SMILES string of the molecule is CC(C)(C)c1ccc(-n2[nH]c(N)c(N=Nc3c(O)cc(S(=O)(=O)O)c4ccccc34)c2=O)cc1. The minimum atomic E-state index is -4.60. The number of aromatic amines is 1. The first-order valence-corrected chi connectivity index (χ1v) is 11.7. The van der Waals surface area contributed by atoms with E-state index in [4.69, 9.17) is 5.73 Å². The maximum atomic E-state index is 13.0. The summed E-state index contributed by atoms with van der Waals surface area (Å²) in [4.78, 5) is 12.5. The molecule has 0 unspecified atom stereocenters. The fourth-order valence-electron chi connectivity index (χ4n) is 3.57. The summed E-state index contributed by atoms with van der Waals surface area (Å²) in [7, 11) is -4.60. The van der Waals surface area contributed by atoms with Crippen molar-refractivity contribution in [3.63, 3.8) is 0 Å². The van der Waals surface area contributed by atoms with E-state index in [9.17, 15) is 22.9 Å². The zero-order valence-electron chi connectivity index (χ0n) is 18.6. The van der Waals surface area contributed by atoms with Crippen LogP contribution in [0.2, 0.25) is 0 Å². The molecule has 0 aliphatic rings. The third kappa shape index (κ3) is 4.18. The number of benzene rings is 3. The molecule has 4 aromatic rings. The Morgan fingerprint density at radius 3 is 2.15 bits per heavy atom. The second kappa shape index (κ2) is 8.12. The third-order valence-electron chi connectivity index (χ3n) is 5.37. The van der Waals surface area contributed by atoms with Crippen LogP contribution < -0.4 is 11.3 Å². The monoisotopic (exact) mass is 481 g/mol. The normalized spacial score (nSPS) is 12.6. The van der Waals surface area contributed by atoms with E-state index in [2.05, 4.69) is 36.1 Å². The zero-order chi connectivity index (χ0) is 24.8. The van der Waals surface area contributed by atoms with Gasteiger partial charge < -0.3 is 10.8 Å². The van der Waals surface area contributed by atoms with Gasteiger partial charge in [-0.25, -0.2) is 4.68 Å². The number of hydrogen-bond acceptors (Lipinski definition) is 7. The van der Waals surface area contributed by atoms with Crippen molar-refractivity contribution in [2.45, 2.75) is 31.1 Å². The van der Waals surface area contributed by atoms with Gasteiger partial charge >= 0.3 is 5.56 Å². The summed E-state index contributed by atoms with van der Waals surface area (Å²) in [6.07, 6.45) is 0. The number of azo groups is 1. The maximum absolute atomic E-state index is 13.0. The molecular weight excluding hydrogens is 458 g/mol. The molecule has 0 radical (unpaired) electrons. The number of aromatic hydroxyl groups is 1. The summed E-state index contributed by atoms with van der Waals surface area (Å²) in [5, 5.41) is 21.4. The highest BCUT2D eigenvalue weighted by Gasteiger charge is 2.20. The van der Waals surface area contributed by atoms with E-state index in [0.717, 1.165) is 11.6 Å². The molecule has 0 saturated heterocycles. The van der Waals surface area contributed by atoms with Gasteiger partial charge in [-0.1, -0.05) is 57.2 Å². The standard InChI is InChI=1S/C23H23N5O5S/c1-23(2,3)13-8-10-14(11-9-13)28-22(30)20(21(24)27-28)26-25-19-16-7-5-4-6-15(16)18(12-17(19)29)34(31,32)33/h4-12,27,29H,24H2,1-3H3,(H,31,32,33). The molecule has 0 aliphatic carbocycles. The van der Waals surface area contributed by atoms with Crippen LogP contribution in [0.1, 0.15) is 26.3 Å². The second-order valence-corrected chi connectivity index (χ2v) is 10.2. The van der Waals surface area contributed by atoms with Gasteiger partial charge in [0.25, 0.3) is 10.1 Å². The van der Waals surface area contributed by atoms with Crippen LogP contribution in [0.3, 0.4) is 0 Å². The van der Waals surface area contributed by atoms with Gasteiger partial charge in [0.2, 0.25) is 0 Å². The first-order valence-electron chi connectivity index (χ1n) is 10.2. The molecule has 11 heteroatoms. The molecule has 0 atom stereocenters. The lowest BCUT2D eigenvalue weighted by atomic mass is 9.87. The zero-order valence-corrected chi connectivity index (χ0v) is 19.5. The van der Waals surface area contributed by atoms with Gasteiger partial charge in [-0.15, -0.1) is 10.2 Å². The van der Waals surface area contributed by atoms with Crippen LogP contribution in [0.25, 0.3) is 16.5 Å². The molecule has 1 heterocycles. The van der Waals surface area contributed by atoms with Gasteiger partial charge in [0.15, 0.2) is 5.69 Å². The lowest BCUT2D eigenvalue weighted by Crippen LogP contribution is -2.15. The smallest absolute Gasteiger partial charge is 0.301 e. The number of nitrogens with two attached hydrogens (primary N) is 1. The summed E-state index contributed by atoms with van der Waals surface area (Å²) >= 11 is 0. The Balaban J connectivity index is 1.79. The quantitative estimate of drug-likeness (QED) is 0.246. The van der Waals surface area contributed by atoms with Gasteiger partial charge in [-0.2, -0.15) is 8.42 Å². The van der Waals surface area contributed by atoms with Crippen LogP contribution in [0.15, 0.2) is 74.5 Å². The molecule has 5 N–H and O–H groups in total. The molecule has 1 aromatic heterocycles. The van der Waals surface area contributed by atoms with Crippen molar-refractivity contribution >= 4 is 38.1 Å². The number of nitrogens with one attached hydrogen (secondary N) is 1. The van der Waals surface area contributed by atoms with Gasteiger partial charge in [0.1, 0.15) is 22.2 Å². The van der Waals surface area contributed by atoms with Crippen molar-refractivity contribution in [3.05, 3.63) is 70.5 Å². The number of nitrogen functional groups attached to an aromatic ring is 1. The average Bonchev–Trinajstić information content (AvgIpc) is 3.05. The number of nitrogens with zero attached hydrogens (tertiary/aromatic N) is 3. The van der Waals surface area contributed by atoms with Gasteiger partial charge in [-0.05, 0) is 23.1 Å². The first kappa shape index (κ1) is 23.2. The summed E-state index contributed by atoms with van der Waals surface area (Å²) < 4.78 is 34.2. The highest BCUT2D eigenvalue weighted by Crippen LogP contribution is 2.40. The van der Waals surface area contributed by atoms with Crippen LogP contribution in [0.4, 0.5) is 17.2 Å². The van der Waals surface area contributed by atoms with Crippen molar-refractivity contribution in [1.29, 1.82) is 0 Å². The van der Waals surface area contributed by atoms with E-state index in [1.165, 1.54) is 16.8 Å². The molecule has 3 aromatic carbocycles. The largest absolute Gasteiger partial charge is 0.506 e. The topological polar surface area (TPSA) is 163 Å². The Morgan fingerprint density at radius 1 is 0.971 bits per heavy atom. The van der Waals surface area contributed by atoms with E-state index in [1.54, 1.807) is 24.3 Å². The van der Waals surface area contributed by atoms with E-state index in [0.29, 0.717) is 5.69 Å². The summed E-state index contributed by atoms with van der Waals surface area (Å²) in [5.74, 6) is -0.575. The Morgan fingerprint density at radius 2 is 1.56 bits per heavy atom. The van der Waals surface area contributed by atoms with Gasteiger partial charge in [0, 0.05) is 16.8 Å². The van der Waals surface area contributed by atoms with Crippen LogP contribution >= 0.6 is 0 Å². The van der Waals surface area contributed by atoms with Crippen molar-refractivity contribution < 1.29 is 18.1 Å². The number of phenols is 1. The minimum absolute atomic E-state index is 0.0352. The molecule has 176 valence electrons. The van der Waals surface area contributed by atoms with Crippen LogP contribution in [-0.4, -0.2) is 27.9 Å². The molecule has 0 fully saturated rings. The van der Waals surface area contributed by atoms with E-state index >= 15 is 0 Å². The predicted molar refractivity (Wildman–Crippen MR) is 129 cm³/mol. The van der Waals surface area contributed by atoms with E-state index in [-0.39, 0.29) is 33.4 Å². The predicted octanol–water partition coefficient (Wildman–Crippen LogP) is 4.57. The molecular formula is C23H23N5O5S. The number of rotatable bonds is 4. The lowest BCUT2D eigenvalue weighted by molar-refractivity contribution is 0.468. The molecule has 0 spiro atoms. The third-order valence-corrected chi connectivity index (χ3v) is 6.26. The molecule has 0 bridgehead atoms. The number of hydrogen-bond donors (Lipinski definition) is 4. The fourth-order valence-corrected chi connectivity index (χ4v) is 4.28. The molecule has 0 amide bonds. The molecule has 0 saturated carbocycles. The van der Waals surface area contributed by atoms with E-state index < -0.39 is 26.3 Å². The Labute approximate surface area is 195 Å². The van der Waals surface area contributed by atoms with Crippen molar-refractivity contribution in [1.82, 2.24) is 9.78 Å². The number of anilines is 1. The molecule has 0 aliphatic heterocycles. The summed E-state index contributed by atoms with van der Waals surface area (Å²) in [5.41, 5.74) is 6.76. The molecule has 10 nitrogen and oxygen atoms in total. The van der Waals surface area contributed by atoms with E-state index in [1.807, 2.05) is 12.1 Å². The Bertz CT molecular complexity index is 1590. The summed E-state index contributed by atoms with van der Waals surface area (Å²) in [6, 6.07) is 14.4. The maximum Gasteiger partial charge on any atom is 0.301 e.